The maximum Gasteiger partial charge on any atom is 0.416 e. The molecule has 0 bridgehead atoms. The van der Waals surface area contributed by atoms with Crippen molar-refractivity contribution in [2.75, 3.05) is 13.2 Å². The van der Waals surface area contributed by atoms with Crippen molar-refractivity contribution in [3.63, 3.8) is 0 Å². The Balaban J connectivity index is 1.94. The summed E-state index contributed by atoms with van der Waals surface area (Å²) in [5.74, 6) is 0. The maximum absolute atomic E-state index is 12.5. The lowest BCUT2D eigenvalue weighted by Gasteiger charge is -2.33. The highest BCUT2D eigenvalue weighted by atomic mass is 19.4. The molecular formula is C15H19F3N2O2. The highest BCUT2D eigenvalue weighted by Crippen LogP contribution is 2.29. The summed E-state index contributed by atoms with van der Waals surface area (Å²) in [5.41, 5.74) is -0.689. The lowest BCUT2D eigenvalue weighted by atomic mass is 10.0. The van der Waals surface area contributed by atoms with Gasteiger partial charge in [0.05, 0.1) is 17.7 Å². The number of nitrogens with zero attached hydrogens (tertiary/aromatic N) is 1. The van der Waals surface area contributed by atoms with Crippen LogP contribution in [-0.4, -0.2) is 34.7 Å². The summed E-state index contributed by atoms with van der Waals surface area (Å²) >= 11 is 0. The number of urea groups is 1. The van der Waals surface area contributed by atoms with Crippen LogP contribution in [0.4, 0.5) is 18.0 Å². The van der Waals surface area contributed by atoms with E-state index < -0.39 is 17.3 Å². The first-order valence-corrected chi connectivity index (χ1v) is 7.09. The van der Waals surface area contributed by atoms with Gasteiger partial charge in [-0.05, 0) is 37.5 Å². The zero-order chi connectivity index (χ0) is 16.4. The van der Waals surface area contributed by atoms with Crippen LogP contribution in [0.15, 0.2) is 24.3 Å². The highest BCUT2D eigenvalue weighted by molar-refractivity contribution is 5.75. The predicted molar refractivity (Wildman–Crippen MR) is 75.1 cm³/mol. The smallest absolute Gasteiger partial charge is 0.394 e. The van der Waals surface area contributed by atoms with Crippen LogP contribution in [0.25, 0.3) is 0 Å². The van der Waals surface area contributed by atoms with Crippen molar-refractivity contribution >= 4 is 6.03 Å². The van der Waals surface area contributed by atoms with Crippen LogP contribution >= 0.6 is 0 Å². The number of hydrogen-bond acceptors (Lipinski definition) is 2. The molecule has 1 heterocycles. The summed E-state index contributed by atoms with van der Waals surface area (Å²) < 4.78 is 37.4. The van der Waals surface area contributed by atoms with E-state index in [-0.39, 0.29) is 19.2 Å². The van der Waals surface area contributed by atoms with E-state index in [1.54, 1.807) is 4.90 Å². The SMILES string of the molecule is C[C@@]1(CO)CCCN1C(=O)NCc1ccc(C(F)(F)F)cc1. The topological polar surface area (TPSA) is 52.6 Å². The van der Waals surface area contributed by atoms with Crippen molar-refractivity contribution in [2.24, 2.45) is 0 Å². The summed E-state index contributed by atoms with van der Waals surface area (Å²) in [6.07, 6.45) is -2.80. The Kier molecular flexibility index (Phi) is 4.65. The van der Waals surface area contributed by atoms with E-state index in [0.717, 1.165) is 25.0 Å². The standard InChI is InChI=1S/C15H19F3N2O2/c1-14(10-21)7-2-8-20(14)13(22)19-9-11-3-5-12(6-4-11)15(16,17)18/h3-6,21H,2,7-10H2,1H3,(H,19,22)/t14-/m0/s1. The quantitative estimate of drug-likeness (QED) is 0.901. The molecule has 1 aromatic carbocycles. The zero-order valence-electron chi connectivity index (χ0n) is 12.3. The van der Waals surface area contributed by atoms with Gasteiger partial charge in [0.15, 0.2) is 0 Å². The number of carbonyl (C=O) groups excluding carboxylic acids is 1. The molecule has 2 amide bonds. The summed E-state index contributed by atoms with van der Waals surface area (Å²) in [5, 5.41) is 12.1. The number of hydrogen-bond donors (Lipinski definition) is 2. The van der Waals surface area contributed by atoms with E-state index in [4.69, 9.17) is 0 Å². The molecule has 122 valence electrons. The van der Waals surface area contributed by atoms with Gasteiger partial charge in [0.2, 0.25) is 0 Å². The Bertz CT molecular complexity index is 531. The fraction of sp³-hybridized carbons (Fsp3) is 0.533. The number of halogens is 3. The molecular weight excluding hydrogens is 297 g/mol. The number of aliphatic hydroxyl groups is 1. The van der Waals surface area contributed by atoms with E-state index in [1.807, 2.05) is 6.92 Å². The van der Waals surface area contributed by atoms with Gasteiger partial charge in [-0.15, -0.1) is 0 Å². The summed E-state index contributed by atoms with van der Waals surface area (Å²) in [6, 6.07) is 4.37. The molecule has 0 unspecified atom stereocenters. The molecule has 1 aliphatic heterocycles. The number of likely N-dealkylation sites (tertiary alicyclic amines) is 1. The molecule has 1 saturated heterocycles. The van der Waals surface area contributed by atoms with Crippen LogP contribution in [0.3, 0.4) is 0 Å². The fourth-order valence-corrected chi connectivity index (χ4v) is 2.62. The number of nitrogens with one attached hydrogen (secondary N) is 1. The van der Waals surface area contributed by atoms with Crippen molar-refractivity contribution in [3.8, 4) is 0 Å². The Labute approximate surface area is 126 Å². The van der Waals surface area contributed by atoms with Crippen LogP contribution in [0.5, 0.6) is 0 Å². The third kappa shape index (κ3) is 3.52. The molecule has 0 spiro atoms. The van der Waals surface area contributed by atoms with Gasteiger partial charge >= 0.3 is 12.2 Å². The molecule has 1 atom stereocenters. The maximum atomic E-state index is 12.5. The van der Waals surface area contributed by atoms with Gasteiger partial charge in [0.25, 0.3) is 0 Å². The average molecular weight is 316 g/mol. The Morgan fingerprint density at radius 2 is 2.00 bits per heavy atom. The van der Waals surface area contributed by atoms with Gasteiger partial charge in [-0.25, -0.2) is 4.79 Å². The first kappa shape index (κ1) is 16.6. The number of alkyl halides is 3. The molecule has 0 aliphatic carbocycles. The zero-order valence-corrected chi connectivity index (χ0v) is 12.3. The van der Waals surface area contributed by atoms with E-state index in [9.17, 15) is 23.1 Å². The summed E-state index contributed by atoms with van der Waals surface area (Å²) in [6.45, 7) is 2.42. The van der Waals surface area contributed by atoms with Gasteiger partial charge in [-0.2, -0.15) is 13.2 Å². The minimum atomic E-state index is -4.36. The van der Waals surface area contributed by atoms with Crippen molar-refractivity contribution in [3.05, 3.63) is 35.4 Å². The van der Waals surface area contributed by atoms with Crippen molar-refractivity contribution in [1.82, 2.24) is 10.2 Å². The van der Waals surface area contributed by atoms with Crippen LogP contribution in [0.2, 0.25) is 0 Å². The molecule has 7 heteroatoms. The summed E-state index contributed by atoms with van der Waals surface area (Å²) in [4.78, 5) is 13.7. The molecule has 1 fully saturated rings. The molecule has 2 N–H and O–H groups in total. The fourth-order valence-electron chi connectivity index (χ4n) is 2.62. The van der Waals surface area contributed by atoms with Crippen molar-refractivity contribution in [2.45, 2.75) is 38.0 Å². The second-order valence-electron chi connectivity index (χ2n) is 5.76. The molecule has 1 aliphatic rings. The monoisotopic (exact) mass is 316 g/mol. The third-order valence-electron chi connectivity index (χ3n) is 4.06. The van der Waals surface area contributed by atoms with Gasteiger partial charge < -0.3 is 15.3 Å². The van der Waals surface area contributed by atoms with Crippen molar-refractivity contribution in [1.29, 1.82) is 0 Å². The number of carbonyl (C=O) groups is 1. The third-order valence-corrected chi connectivity index (χ3v) is 4.06. The Morgan fingerprint density at radius 1 is 1.36 bits per heavy atom. The highest BCUT2D eigenvalue weighted by Gasteiger charge is 2.39. The van der Waals surface area contributed by atoms with E-state index in [2.05, 4.69) is 5.32 Å². The number of amides is 2. The molecule has 2 rings (SSSR count). The second-order valence-corrected chi connectivity index (χ2v) is 5.76. The number of aliphatic hydroxyl groups excluding tert-OH is 1. The lowest BCUT2D eigenvalue weighted by Crippen LogP contribution is -2.51. The first-order valence-electron chi connectivity index (χ1n) is 7.09. The van der Waals surface area contributed by atoms with Crippen LogP contribution in [0, 0.1) is 0 Å². The minimum Gasteiger partial charge on any atom is -0.394 e. The van der Waals surface area contributed by atoms with E-state index in [0.29, 0.717) is 12.1 Å². The van der Waals surface area contributed by atoms with Gasteiger partial charge in [0.1, 0.15) is 0 Å². The molecule has 1 aromatic rings. The largest absolute Gasteiger partial charge is 0.416 e. The minimum absolute atomic E-state index is 0.110. The van der Waals surface area contributed by atoms with Gasteiger partial charge in [0, 0.05) is 13.1 Å². The van der Waals surface area contributed by atoms with Gasteiger partial charge in [-0.1, -0.05) is 12.1 Å². The molecule has 0 saturated carbocycles. The van der Waals surface area contributed by atoms with Crippen LogP contribution in [-0.2, 0) is 12.7 Å². The molecule has 4 nitrogen and oxygen atoms in total. The second kappa shape index (κ2) is 6.16. The van der Waals surface area contributed by atoms with Crippen LogP contribution in [0.1, 0.15) is 30.9 Å². The average Bonchev–Trinajstić information content (AvgIpc) is 2.87. The predicted octanol–water partition coefficient (Wildman–Crippen LogP) is 2.76. The number of benzene rings is 1. The Morgan fingerprint density at radius 3 is 2.55 bits per heavy atom. The van der Waals surface area contributed by atoms with E-state index in [1.165, 1.54) is 12.1 Å². The molecule has 22 heavy (non-hydrogen) atoms. The summed E-state index contributed by atoms with van der Waals surface area (Å²) in [7, 11) is 0. The van der Waals surface area contributed by atoms with Crippen molar-refractivity contribution < 1.29 is 23.1 Å². The number of rotatable bonds is 3. The molecule has 0 radical (unpaired) electrons. The normalized spacial score (nSPS) is 22.0. The first-order chi connectivity index (χ1) is 10.3. The van der Waals surface area contributed by atoms with Gasteiger partial charge in [-0.3, -0.25) is 0 Å². The van der Waals surface area contributed by atoms with E-state index >= 15 is 0 Å². The lowest BCUT2D eigenvalue weighted by molar-refractivity contribution is -0.137. The van der Waals surface area contributed by atoms with Crippen LogP contribution < -0.4 is 5.32 Å². The molecule has 0 aromatic heterocycles. The Hall–Kier alpha value is -1.76.